The van der Waals surface area contributed by atoms with Crippen molar-refractivity contribution in [2.75, 3.05) is 32.1 Å². The van der Waals surface area contributed by atoms with Crippen molar-refractivity contribution in [1.29, 1.82) is 0 Å². The minimum absolute atomic E-state index is 0.132. The number of hydrogen-bond acceptors (Lipinski definition) is 6. The second-order valence-corrected chi connectivity index (χ2v) is 6.79. The van der Waals surface area contributed by atoms with E-state index in [0.717, 1.165) is 17.9 Å². The number of rotatable bonds is 5. The van der Waals surface area contributed by atoms with E-state index in [1.54, 1.807) is 11.3 Å². The third kappa shape index (κ3) is 3.91. The highest BCUT2D eigenvalue weighted by molar-refractivity contribution is 7.09. The van der Waals surface area contributed by atoms with Crippen LogP contribution in [0.1, 0.15) is 28.9 Å². The van der Waals surface area contributed by atoms with E-state index in [2.05, 4.69) is 21.4 Å². The Morgan fingerprint density at radius 2 is 2.38 bits per heavy atom. The topological polar surface area (TPSA) is 67.4 Å². The first-order valence-electron chi connectivity index (χ1n) is 8.10. The molecule has 1 atom stereocenters. The quantitative estimate of drug-likeness (QED) is 0.900. The van der Waals surface area contributed by atoms with Crippen LogP contribution in [0.3, 0.4) is 0 Å². The number of nitrogens with zero attached hydrogens (tertiary/aromatic N) is 3. The minimum Gasteiger partial charge on any atom is -0.377 e. The SMILES string of the molecule is CNc1cc(C)nc([C@H]2COCCN2C(=O)CCc2cccs2)n1. The first-order valence-corrected chi connectivity index (χ1v) is 8.98. The van der Waals surface area contributed by atoms with E-state index in [4.69, 9.17) is 4.74 Å². The molecule has 1 N–H and O–H groups in total. The Morgan fingerprint density at radius 1 is 1.50 bits per heavy atom. The van der Waals surface area contributed by atoms with Gasteiger partial charge in [0.2, 0.25) is 5.91 Å². The van der Waals surface area contributed by atoms with Gasteiger partial charge in [-0.15, -0.1) is 11.3 Å². The summed E-state index contributed by atoms with van der Waals surface area (Å²) in [6.45, 7) is 3.52. The van der Waals surface area contributed by atoms with Gasteiger partial charge in [-0.3, -0.25) is 4.79 Å². The first kappa shape index (κ1) is 16.9. The number of ether oxygens (including phenoxy) is 1. The number of carbonyl (C=O) groups is 1. The third-order valence-electron chi connectivity index (χ3n) is 4.04. The zero-order chi connectivity index (χ0) is 16.9. The van der Waals surface area contributed by atoms with Crippen LogP contribution in [0.4, 0.5) is 5.82 Å². The van der Waals surface area contributed by atoms with Gasteiger partial charge in [0.1, 0.15) is 11.9 Å². The van der Waals surface area contributed by atoms with Crippen LogP contribution in [-0.4, -0.2) is 47.6 Å². The average molecular weight is 346 g/mol. The van der Waals surface area contributed by atoms with E-state index in [1.807, 2.05) is 36.4 Å². The molecule has 1 saturated heterocycles. The lowest BCUT2D eigenvalue weighted by molar-refractivity contribution is -0.140. The number of thiophene rings is 1. The highest BCUT2D eigenvalue weighted by Crippen LogP contribution is 2.24. The van der Waals surface area contributed by atoms with E-state index < -0.39 is 0 Å². The van der Waals surface area contributed by atoms with Gasteiger partial charge in [0.25, 0.3) is 0 Å². The second-order valence-electron chi connectivity index (χ2n) is 5.76. The highest BCUT2D eigenvalue weighted by atomic mass is 32.1. The van der Waals surface area contributed by atoms with E-state index in [-0.39, 0.29) is 11.9 Å². The summed E-state index contributed by atoms with van der Waals surface area (Å²) in [5.41, 5.74) is 0.876. The van der Waals surface area contributed by atoms with Crippen molar-refractivity contribution in [3.05, 3.63) is 40.0 Å². The maximum atomic E-state index is 12.7. The maximum Gasteiger partial charge on any atom is 0.223 e. The van der Waals surface area contributed by atoms with Gasteiger partial charge >= 0.3 is 0 Å². The van der Waals surface area contributed by atoms with E-state index in [0.29, 0.717) is 32.0 Å². The average Bonchev–Trinajstić information content (AvgIpc) is 3.12. The van der Waals surface area contributed by atoms with Gasteiger partial charge in [0.05, 0.1) is 13.2 Å². The Balaban J connectivity index is 1.75. The predicted molar refractivity (Wildman–Crippen MR) is 94.2 cm³/mol. The van der Waals surface area contributed by atoms with Crippen LogP contribution >= 0.6 is 11.3 Å². The zero-order valence-electron chi connectivity index (χ0n) is 14.0. The number of anilines is 1. The Labute approximate surface area is 145 Å². The largest absolute Gasteiger partial charge is 0.377 e. The normalized spacial score (nSPS) is 17.8. The maximum absolute atomic E-state index is 12.7. The number of nitrogens with one attached hydrogen (secondary N) is 1. The van der Waals surface area contributed by atoms with Crippen LogP contribution < -0.4 is 5.32 Å². The highest BCUT2D eigenvalue weighted by Gasteiger charge is 2.30. The van der Waals surface area contributed by atoms with Crippen molar-refractivity contribution < 1.29 is 9.53 Å². The van der Waals surface area contributed by atoms with Gasteiger partial charge in [-0.25, -0.2) is 9.97 Å². The predicted octanol–water partition coefficient (Wildman–Crippen LogP) is 2.42. The molecular weight excluding hydrogens is 324 g/mol. The lowest BCUT2D eigenvalue weighted by Crippen LogP contribution is -2.44. The van der Waals surface area contributed by atoms with Crippen LogP contribution in [0.5, 0.6) is 0 Å². The Bertz CT molecular complexity index is 690. The van der Waals surface area contributed by atoms with Gasteiger partial charge in [-0.1, -0.05) is 6.07 Å². The third-order valence-corrected chi connectivity index (χ3v) is 4.98. The molecule has 6 nitrogen and oxygen atoms in total. The smallest absolute Gasteiger partial charge is 0.223 e. The molecule has 7 heteroatoms. The summed E-state index contributed by atoms with van der Waals surface area (Å²) >= 11 is 1.69. The molecule has 1 fully saturated rings. The molecule has 3 heterocycles. The zero-order valence-corrected chi connectivity index (χ0v) is 14.8. The van der Waals surface area contributed by atoms with E-state index >= 15 is 0 Å². The molecule has 2 aromatic heterocycles. The molecule has 0 bridgehead atoms. The van der Waals surface area contributed by atoms with Crippen molar-refractivity contribution in [2.45, 2.75) is 25.8 Å². The van der Waals surface area contributed by atoms with Crippen molar-refractivity contribution in [3.8, 4) is 0 Å². The molecule has 128 valence electrons. The minimum atomic E-state index is -0.221. The molecule has 1 aliphatic rings. The number of hydrogen-bond donors (Lipinski definition) is 1. The van der Waals surface area contributed by atoms with Crippen LogP contribution in [-0.2, 0) is 16.0 Å². The van der Waals surface area contributed by atoms with Gasteiger partial charge in [0.15, 0.2) is 5.82 Å². The standard InChI is InChI=1S/C17H22N4O2S/c1-12-10-15(18-2)20-17(19-12)14-11-23-8-7-21(14)16(22)6-5-13-4-3-9-24-13/h3-4,9-10,14H,5-8,11H2,1-2H3,(H,18,19,20)/t14-/m1/s1. The molecule has 1 amide bonds. The number of aromatic nitrogens is 2. The summed E-state index contributed by atoms with van der Waals surface area (Å²) in [7, 11) is 1.83. The summed E-state index contributed by atoms with van der Waals surface area (Å²) in [4.78, 5) is 24.9. The number of amides is 1. The van der Waals surface area contributed by atoms with Crippen molar-refractivity contribution in [3.63, 3.8) is 0 Å². The first-order chi connectivity index (χ1) is 11.7. The molecule has 3 rings (SSSR count). The van der Waals surface area contributed by atoms with Crippen LogP contribution in [0, 0.1) is 6.92 Å². The van der Waals surface area contributed by atoms with Crippen molar-refractivity contribution >= 4 is 23.1 Å². The van der Waals surface area contributed by atoms with Crippen molar-refractivity contribution in [1.82, 2.24) is 14.9 Å². The van der Waals surface area contributed by atoms with Crippen molar-refractivity contribution in [2.24, 2.45) is 0 Å². The van der Waals surface area contributed by atoms with Crippen LogP contribution in [0.15, 0.2) is 23.6 Å². The monoisotopic (exact) mass is 346 g/mol. The molecule has 24 heavy (non-hydrogen) atoms. The van der Waals surface area contributed by atoms with E-state index in [1.165, 1.54) is 4.88 Å². The number of carbonyl (C=O) groups excluding carboxylic acids is 1. The Kier molecular flexibility index (Phi) is 5.42. The molecule has 0 spiro atoms. The number of aryl methyl sites for hydroxylation is 2. The molecule has 0 unspecified atom stereocenters. The fourth-order valence-corrected chi connectivity index (χ4v) is 3.52. The number of morpholine rings is 1. The molecule has 0 aromatic carbocycles. The Morgan fingerprint density at radius 3 is 3.12 bits per heavy atom. The van der Waals surface area contributed by atoms with Crippen LogP contribution in [0.25, 0.3) is 0 Å². The molecule has 0 radical (unpaired) electrons. The molecule has 1 aliphatic heterocycles. The summed E-state index contributed by atoms with van der Waals surface area (Å²) in [6, 6.07) is 5.75. The van der Waals surface area contributed by atoms with Crippen LogP contribution in [0.2, 0.25) is 0 Å². The summed E-state index contributed by atoms with van der Waals surface area (Å²) in [5, 5.41) is 5.08. The lowest BCUT2D eigenvalue weighted by Gasteiger charge is -2.35. The second kappa shape index (κ2) is 7.72. The molecule has 0 aliphatic carbocycles. The Hall–Kier alpha value is -1.99. The fourth-order valence-electron chi connectivity index (χ4n) is 2.81. The van der Waals surface area contributed by atoms with E-state index in [9.17, 15) is 4.79 Å². The fraction of sp³-hybridized carbons (Fsp3) is 0.471. The summed E-state index contributed by atoms with van der Waals surface area (Å²) in [6.07, 6.45) is 1.28. The molecular formula is C17H22N4O2S. The van der Waals surface area contributed by atoms with Gasteiger partial charge in [-0.05, 0) is 24.8 Å². The van der Waals surface area contributed by atoms with Gasteiger partial charge in [0, 0.05) is 36.7 Å². The molecule has 2 aromatic rings. The lowest BCUT2D eigenvalue weighted by atomic mass is 10.1. The van der Waals surface area contributed by atoms with Gasteiger partial charge < -0.3 is 15.0 Å². The summed E-state index contributed by atoms with van der Waals surface area (Å²) < 4.78 is 5.59. The molecule has 0 saturated carbocycles. The summed E-state index contributed by atoms with van der Waals surface area (Å²) in [5.74, 6) is 1.53. The van der Waals surface area contributed by atoms with Gasteiger partial charge in [-0.2, -0.15) is 0 Å².